The van der Waals surface area contributed by atoms with Crippen LogP contribution in [0.25, 0.3) is 0 Å². The van der Waals surface area contributed by atoms with Crippen LogP contribution in [0.2, 0.25) is 5.02 Å². The smallest absolute Gasteiger partial charge is 0.0585 e. The van der Waals surface area contributed by atoms with Gasteiger partial charge in [0.05, 0.1) is 6.04 Å². The first-order valence-electron chi connectivity index (χ1n) is 5.82. The van der Waals surface area contributed by atoms with Crippen molar-refractivity contribution in [1.82, 2.24) is 5.32 Å². The van der Waals surface area contributed by atoms with Gasteiger partial charge in [0.2, 0.25) is 0 Å². The molecule has 1 unspecified atom stereocenters. The van der Waals surface area contributed by atoms with E-state index in [9.17, 15) is 0 Å². The van der Waals surface area contributed by atoms with E-state index in [0.717, 1.165) is 5.02 Å². The lowest BCUT2D eigenvalue weighted by atomic mass is 9.99. The van der Waals surface area contributed by atoms with Crippen molar-refractivity contribution in [1.29, 1.82) is 0 Å². The lowest BCUT2D eigenvalue weighted by Gasteiger charge is -2.20. The van der Waals surface area contributed by atoms with Gasteiger partial charge in [-0.15, -0.1) is 11.8 Å². The minimum atomic E-state index is 0.173. The molecule has 0 saturated carbocycles. The molecule has 2 rings (SSSR count). The molecule has 0 saturated heterocycles. The average molecular weight is 278 g/mol. The fraction of sp³-hybridized carbons (Fsp3) is 0.200. The van der Waals surface area contributed by atoms with Gasteiger partial charge in [0.1, 0.15) is 0 Å². The molecule has 2 aromatic rings. The maximum Gasteiger partial charge on any atom is 0.0585 e. The molecule has 0 radical (unpaired) electrons. The van der Waals surface area contributed by atoms with E-state index in [1.807, 2.05) is 25.2 Å². The molecule has 1 atom stereocenters. The summed E-state index contributed by atoms with van der Waals surface area (Å²) in [6.45, 7) is 0. The summed E-state index contributed by atoms with van der Waals surface area (Å²) in [5, 5.41) is 4.14. The molecule has 3 heteroatoms. The standard InChI is InChI=1S/C15H16ClNS/c1-17-15(11-6-5-7-12(16)10-11)13-8-3-4-9-14(13)18-2/h3-10,15,17H,1-2H3. The molecule has 0 aliphatic carbocycles. The van der Waals surface area contributed by atoms with Gasteiger partial charge >= 0.3 is 0 Å². The van der Waals surface area contributed by atoms with Gasteiger partial charge in [-0.05, 0) is 42.6 Å². The van der Waals surface area contributed by atoms with E-state index >= 15 is 0 Å². The summed E-state index contributed by atoms with van der Waals surface area (Å²) < 4.78 is 0. The van der Waals surface area contributed by atoms with Crippen LogP contribution in [0.5, 0.6) is 0 Å². The topological polar surface area (TPSA) is 12.0 Å². The number of benzene rings is 2. The van der Waals surface area contributed by atoms with Crippen LogP contribution in [0, 0.1) is 0 Å². The van der Waals surface area contributed by atoms with E-state index in [-0.39, 0.29) is 6.04 Å². The molecule has 0 aliphatic heterocycles. The van der Waals surface area contributed by atoms with Crippen LogP contribution in [0.4, 0.5) is 0 Å². The van der Waals surface area contributed by atoms with Crippen LogP contribution in [-0.4, -0.2) is 13.3 Å². The molecule has 2 aromatic carbocycles. The summed E-state index contributed by atoms with van der Waals surface area (Å²) in [7, 11) is 1.97. The van der Waals surface area contributed by atoms with Crippen molar-refractivity contribution in [3.05, 3.63) is 64.7 Å². The lowest BCUT2D eigenvalue weighted by Crippen LogP contribution is -2.18. The normalized spacial score (nSPS) is 12.4. The maximum absolute atomic E-state index is 6.07. The van der Waals surface area contributed by atoms with E-state index < -0.39 is 0 Å². The van der Waals surface area contributed by atoms with Gasteiger partial charge in [0.25, 0.3) is 0 Å². The van der Waals surface area contributed by atoms with Crippen LogP contribution in [-0.2, 0) is 0 Å². The molecule has 0 aliphatic rings. The van der Waals surface area contributed by atoms with Crippen molar-refractivity contribution in [2.24, 2.45) is 0 Å². The molecule has 1 nitrogen and oxygen atoms in total. The molecule has 18 heavy (non-hydrogen) atoms. The third-order valence-electron chi connectivity index (χ3n) is 2.92. The molecular formula is C15H16ClNS. The third-order valence-corrected chi connectivity index (χ3v) is 3.97. The van der Waals surface area contributed by atoms with Gasteiger partial charge in [-0.25, -0.2) is 0 Å². The van der Waals surface area contributed by atoms with Crippen LogP contribution in [0.3, 0.4) is 0 Å². The van der Waals surface area contributed by atoms with Crippen LogP contribution < -0.4 is 5.32 Å². The number of halogens is 1. The third kappa shape index (κ3) is 2.89. The Morgan fingerprint density at radius 3 is 2.56 bits per heavy atom. The highest BCUT2D eigenvalue weighted by atomic mass is 35.5. The summed E-state index contributed by atoms with van der Waals surface area (Å²) in [6, 6.07) is 16.6. The number of rotatable bonds is 4. The van der Waals surface area contributed by atoms with Gasteiger partial charge in [-0.2, -0.15) is 0 Å². The highest BCUT2D eigenvalue weighted by molar-refractivity contribution is 7.98. The van der Waals surface area contributed by atoms with Crippen molar-refractivity contribution < 1.29 is 0 Å². The first kappa shape index (κ1) is 13.5. The second-order valence-corrected chi connectivity index (χ2v) is 5.30. The van der Waals surface area contributed by atoms with Gasteiger partial charge in [-0.1, -0.05) is 41.9 Å². The molecule has 0 bridgehead atoms. The Balaban J connectivity index is 2.45. The van der Waals surface area contributed by atoms with Crippen LogP contribution in [0.1, 0.15) is 17.2 Å². The SMILES string of the molecule is CNC(c1cccc(Cl)c1)c1ccccc1SC. The van der Waals surface area contributed by atoms with Crippen LogP contribution in [0.15, 0.2) is 53.4 Å². The van der Waals surface area contributed by atoms with E-state index in [4.69, 9.17) is 11.6 Å². The van der Waals surface area contributed by atoms with Crippen molar-refractivity contribution in [3.63, 3.8) is 0 Å². The Bertz CT molecular complexity index is 527. The molecule has 94 valence electrons. The minimum Gasteiger partial charge on any atom is -0.309 e. The quantitative estimate of drug-likeness (QED) is 0.833. The maximum atomic E-state index is 6.07. The Morgan fingerprint density at radius 2 is 1.89 bits per heavy atom. The zero-order chi connectivity index (χ0) is 13.0. The largest absolute Gasteiger partial charge is 0.309 e. The monoisotopic (exact) mass is 277 g/mol. The van der Waals surface area contributed by atoms with E-state index in [1.165, 1.54) is 16.0 Å². The van der Waals surface area contributed by atoms with E-state index in [0.29, 0.717) is 0 Å². The number of thioether (sulfide) groups is 1. The first-order valence-corrected chi connectivity index (χ1v) is 7.42. The molecule has 0 heterocycles. The van der Waals surface area contributed by atoms with Gasteiger partial charge in [-0.3, -0.25) is 0 Å². The Kier molecular flexibility index (Phi) is 4.70. The van der Waals surface area contributed by atoms with Crippen molar-refractivity contribution >= 4 is 23.4 Å². The molecular weight excluding hydrogens is 262 g/mol. The summed E-state index contributed by atoms with van der Waals surface area (Å²) >= 11 is 7.84. The predicted octanol–water partition coefficient (Wildman–Crippen LogP) is 4.37. The average Bonchev–Trinajstić information content (AvgIpc) is 2.40. The Morgan fingerprint density at radius 1 is 1.11 bits per heavy atom. The second kappa shape index (κ2) is 6.28. The molecule has 0 amide bonds. The molecule has 0 spiro atoms. The molecule has 0 aromatic heterocycles. The zero-order valence-corrected chi connectivity index (χ0v) is 12.1. The molecule has 1 N–H and O–H groups in total. The van der Waals surface area contributed by atoms with Crippen molar-refractivity contribution in [2.45, 2.75) is 10.9 Å². The van der Waals surface area contributed by atoms with E-state index in [2.05, 4.69) is 41.9 Å². The van der Waals surface area contributed by atoms with E-state index in [1.54, 1.807) is 11.8 Å². The van der Waals surface area contributed by atoms with Gasteiger partial charge < -0.3 is 5.32 Å². The summed E-state index contributed by atoms with van der Waals surface area (Å²) in [5.74, 6) is 0. The summed E-state index contributed by atoms with van der Waals surface area (Å²) in [5.41, 5.74) is 2.47. The van der Waals surface area contributed by atoms with Crippen molar-refractivity contribution in [3.8, 4) is 0 Å². The van der Waals surface area contributed by atoms with Crippen molar-refractivity contribution in [2.75, 3.05) is 13.3 Å². The molecule has 0 fully saturated rings. The van der Waals surface area contributed by atoms with Gasteiger partial charge in [0.15, 0.2) is 0 Å². The summed E-state index contributed by atoms with van der Waals surface area (Å²) in [4.78, 5) is 1.29. The highest BCUT2D eigenvalue weighted by Gasteiger charge is 2.15. The number of hydrogen-bond donors (Lipinski definition) is 1. The predicted molar refractivity (Wildman–Crippen MR) is 80.6 cm³/mol. The lowest BCUT2D eigenvalue weighted by molar-refractivity contribution is 0.680. The fourth-order valence-corrected chi connectivity index (χ4v) is 2.93. The Labute approximate surface area is 118 Å². The summed E-state index contributed by atoms with van der Waals surface area (Å²) in [6.07, 6.45) is 2.10. The fourth-order valence-electron chi connectivity index (χ4n) is 2.09. The highest BCUT2D eigenvalue weighted by Crippen LogP contribution is 2.30. The number of hydrogen-bond acceptors (Lipinski definition) is 2. The van der Waals surface area contributed by atoms with Crippen LogP contribution >= 0.6 is 23.4 Å². The first-order chi connectivity index (χ1) is 8.76. The number of nitrogens with one attached hydrogen (secondary N) is 1. The van der Waals surface area contributed by atoms with Gasteiger partial charge in [0, 0.05) is 9.92 Å². The minimum absolute atomic E-state index is 0.173. The second-order valence-electron chi connectivity index (χ2n) is 4.02. The zero-order valence-electron chi connectivity index (χ0n) is 10.5. The Hall–Kier alpha value is -0.960.